The van der Waals surface area contributed by atoms with Crippen LogP contribution in [0, 0.1) is 5.92 Å². The number of rotatable bonds is 2. The van der Waals surface area contributed by atoms with Gasteiger partial charge in [0.25, 0.3) is 0 Å². The maximum atomic E-state index is 3.67. The van der Waals surface area contributed by atoms with E-state index in [0.29, 0.717) is 12.2 Å². The molecule has 0 aromatic heterocycles. The average Bonchev–Trinajstić information content (AvgIpc) is 2.30. The second-order valence-corrected chi connectivity index (χ2v) is 5.22. The maximum Gasteiger partial charge on any atom is 0.0600 e. The molecule has 3 nitrogen and oxygen atoms in total. The summed E-state index contributed by atoms with van der Waals surface area (Å²) in [5.74, 6) is 0.751. The van der Waals surface area contributed by atoms with Crippen LogP contribution >= 0.6 is 0 Å². The summed E-state index contributed by atoms with van der Waals surface area (Å²) in [7, 11) is 0. The lowest BCUT2D eigenvalue weighted by Crippen LogP contribution is -2.61. The van der Waals surface area contributed by atoms with Crippen molar-refractivity contribution < 1.29 is 0 Å². The highest BCUT2D eigenvalue weighted by molar-refractivity contribution is 4.87. The zero-order chi connectivity index (χ0) is 10.7. The van der Waals surface area contributed by atoms with E-state index in [2.05, 4.69) is 29.4 Å². The Morgan fingerprint density at radius 1 is 1.20 bits per heavy atom. The van der Waals surface area contributed by atoms with Gasteiger partial charge in [-0.2, -0.15) is 0 Å². The Kier molecular flexibility index (Phi) is 4.00. The molecule has 0 bridgehead atoms. The molecule has 0 aliphatic carbocycles. The van der Waals surface area contributed by atoms with Crippen LogP contribution in [0.4, 0.5) is 0 Å². The predicted octanol–water partition coefficient (Wildman–Crippen LogP) is 1.02. The lowest BCUT2D eigenvalue weighted by Gasteiger charge is -2.45. The van der Waals surface area contributed by atoms with Crippen molar-refractivity contribution in [2.75, 3.05) is 26.2 Å². The molecule has 0 aromatic carbocycles. The van der Waals surface area contributed by atoms with Gasteiger partial charge in [0.05, 0.1) is 6.17 Å². The molecule has 2 rings (SSSR count). The zero-order valence-electron chi connectivity index (χ0n) is 10.1. The summed E-state index contributed by atoms with van der Waals surface area (Å²) in [5.41, 5.74) is 0. The van der Waals surface area contributed by atoms with Crippen molar-refractivity contribution in [1.82, 2.24) is 15.5 Å². The minimum Gasteiger partial charge on any atom is -0.314 e. The Morgan fingerprint density at radius 2 is 2.07 bits per heavy atom. The van der Waals surface area contributed by atoms with E-state index in [-0.39, 0.29) is 0 Å². The molecule has 0 saturated carbocycles. The van der Waals surface area contributed by atoms with Crippen LogP contribution in [-0.2, 0) is 0 Å². The highest BCUT2D eigenvalue weighted by atomic mass is 15.3. The molecular formula is C12H25N3. The minimum absolute atomic E-state index is 0.647. The van der Waals surface area contributed by atoms with Crippen LogP contribution in [0.25, 0.3) is 0 Å². The third-order valence-electron chi connectivity index (χ3n) is 3.78. The Hall–Kier alpha value is -0.120. The summed E-state index contributed by atoms with van der Waals surface area (Å²) < 4.78 is 0. The standard InChI is InChI=1S/C12H25N3/c1-10(2)11-9-13-7-8-15(11)12-5-3-4-6-14-12/h10-14H,3-9H2,1-2H3. The second-order valence-electron chi connectivity index (χ2n) is 5.22. The second kappa shape index (κ2) is 5.28. The summed E-state index contributed by atoms with van der Waals surface area (Å²) in [6, 6.07) is 0.717. The number of nitrogens with zero attached hydrogens (tertiary/aromatic N) is 1. The molecular weight excluding hydrogens is 186 g/mol. The first-order chi connectivity index (χ1) is 7.29. The van der Waals surface area contributed by atoms with E-state index in [1.54, 1.807) is 0 Å². The lowest BCUT2D eigenvalue weighted by molar-refractivity contribution is 0.0463. The molecule has 2 unspecified atom stereocenters. The van der Waals surface area contributed by atoms with Crippen molar-refractivity contribution in [2.45, 2.75) is 45.3 Å². The van der Waals surface area contributed by atoms with Crippen LogP contribution < -0.4 is 10.6 Å². The van der Waals surface area contributed by atoms with Gasteiger partial charge in [-0.1, -0.05) is 13.8 Å². The molecule has 2 heterocycles. The van der Waals surface area contributed by atoms with Gasteiger partial charge in [0, 0.05) is 25.7 Å². The average molecular weight is 211 g/mol. The largest absolute Gasteiger partial charge is 0.314 e. The van der Waals surface area contributed by atoms with Gasteiger partial charge in [0.1, 0.15) is 0 Å². The fraction of sp³-hybridized carbons (Fsp3) is 1.00. The predicted molar refractivity (Wildman–Crippen MR) is 63.8 cm³/mol. The van der Waals surface area contributed by atoms with Gasteiger partial charge in [-0.15, -0.1) is 0 Å². The van der Waals surface area contributed by atoms with Crippen molar-refractivity contribution in [1.29, 1.82) is 0 Å². The molecule has 0 radical (unpaired) electrons. The van der Waals surface area contributed by atoms with E-state index in [1.807, 2.05) is 0 Å². The first kappa shape index (κ1) is 11.4. The van der Waals surface area contributed by atoms with Crippen LogP contribution in [-0.4, -0.2) is 43.3 Å². The number of nitrogens with one attached hydrogen (secondary N) is 2. The topological polar surface area (TPSA) is 27.3 Å². The Balaban J connectivity index is 1.96. The highest BCUT2D eigenvalue weighted by Crippen LogP contribution is 2.19. The van der Waals surface area contributed by atoms with E-state index < -0.39 is 0 Å². The summed E-state index contributed by atoms with van der Waals surface area (Å²) >= 11 is 0. The molecule has 88 valence electrons. The van der Waals surface area contributed by atoms with Gasteiger partial charge < -0.3 is 10.6 Å². The molecule has 2 aliphatic heterocycles. The highest BCUT2D eigenvalue weighted by Gasteiger charge is 2.30. The van der Waals surface area contributed by atoms with Gasteiger partial charge in [0.2, 0.25) is 0 Å². The minimum atomic E-state index is 0.647. The molecule has 2 atom stereocenters. The van der Waals surface area contributed by atoms with Gasteiger partial charge in [-0.3, -0.25) is 4.90 Å². The molecule has 0 amide bonds. The maximum absolute atomic E-state index is 3.67. The summed E-state index contributed by atoms with van der Waals surface area (Å²) in [6.07, 6.45) is 4.73. The first-order valence-electron chi connectivity index (χ1n) is 6.49. The van der Waals surface area contributed by atoms with Crippen molar-refractivity contribution in [3.63, 3.8) is 0 Å². The monoisotopic (exact) mass is 211 g/mol. The Labute approximate surface area is 93.6 Å². The smallest absolute Gasteiger partial charge is 0.0600 e. The lowest BCUT2D eigenvalue weighted by atomic mass is 9.98. The quantitative estimate of drug-likeness (QED) is 0.714. The van der Waals surface area contributed by atoms with E-state index in [9.17, 15) is 0 Å². The first-order valence-corrected chi connectivity index (χ1v) is 6.49. The zero-order valence-corrected chi connectivity index (χ0v) is 10.1. The van der Waals surface area contributed by atoms with E-state index in [4.69, 9.17) is 0 Å². The molecule has 0 aromatic rings. The third-order valence-corrected chi connectivity index (χ3v) is 3.78. The molecule has 2 fully saturated rings. The number of piperidine rings is 1. The van der Waals surface area contributed by atoms with Crippen molar-refractivity contribution >= 4 is 0 Å². The fourth-order valence-electron chi connectivity index (χ4n) is 2.86. The fourth-order valence-corrected chi connectivity index (χ4v) is 2.86. The van der Waals surface area contributed by atoms with Crippen LogP contribution in [0.3, 0.4) is 0 Å². The van der Waals surface area contributed by atoms with Gasteiger partial charge in [-0.25, -0.2) is 0 Å². The number of hydrogen-bond acceptors (Lipinski definition) is 3. The molecule has 2 aliphatic rings. The normalized spacial score (nSPS) is 34.6. The molecule has 2 N–H and O–H groups in total. The SMILES string of the molecule is CC(C)C1CNCCN1C1CCCCN1. The van der Waals surface area contributed by atoms with Crippen molar-refractivity contribution in [3.8, 4) is 0 Å². The van der Waals surface area contributed by atoms with Gasteiger partial charge >= 0.3 is 0 Å². The van der Waals surface area contributed by atoms with Gasteiger partial charge in [0.15, 0.2) is 0 Å². The van der Waals surface area contributed by atoms with Crippen LogP contribution in [0.1, 0.15) is 33.1 Å². The van der Waals surface area contributed by atoms with E-state index in [1.165, 1.54) is 32.4 Å². The van der Waals surface area contributed by atoms with Crippen molar-refractivity contribution in [2.24, 2.45) is 5.92 Å². The summed E-state index contributed by atoms with van der Waals surface area (Å²) in [4.78, 5) is 2.69. The van der Waals surface area contributed by atoms with Crippen molar-refractivity contribution in [3.05, 3.63) is 0 Å². The summed E-state index contributed by atoms with van der Waals surface area (Å²) in [6.45, 7) is 9.41. The van der Waals surface area contributed by atoms with Crippen LogP contribution in [0.2, 0.25) is 0 Å². The summed E-state index contributed by atoms with van der Waals surface area (Å²) in [5, 5.41) is 7.19. The van der Waals surface area contributed by atoms with E-state index >= 15 is 0 Å². The van der Waals surface area contributed by atoms with E-state index in [0.717, 1.165) is 19.0 Å². The molecule has 2 saturated heterocycles. The van der Waals surface area contributed by atoms with Crippen LogP contribution in [0.15, 0.2) is 0 Å². The number of hydrogen-bond donors (Lipinski definition) is 2. The number of piperazine rings is 1. The molecule has 15 heavy (non-hydrogen) atoms. The molecule has 0 spiro atoms. The van der Waals surface area contributed by atoms with Crippen LogP contribution in [0.5, 0.6) is 0 Å². The Morgan fingerprint density at radius 3 is 2.73 bits per heavy atom. The van der Waals surface area contributed by atoms with Gasteiger partial charge in [-0.05, 0) is 31.7 Å². The third kappa shape index (κ3) is 2.71. The Bertz CT molecular complexity index is 187. The molecule has 3 heteroatoms.